The summed E-state index contributed by atoms with van der Waals surface area (Å²) in [6, 6.07) is 1.74. The Balaban J connectivity index is 2.25. The van der Waals surface area contributed by atoms with E-state index in [1.165, 1.54) is 0 Å². The lowest BCUT2D eigenvalue weighted by Crippen LogP contribution is -2.18. The molecule has 0 unspecified atom stereocenters. The molecular weight excluding hydrogens is 192 g/mol. The van der Waals surface area contributed by atoms with Crippen LogP contribution in [0, 0.1) is 5.92 Å². The van der Waals surface area contributed by atoms with E-state index in [1.807, 2.05) is 13.8 Å². The molecule has 1 amide bonds. The molecule has 2 N–H and O–H groups in total. The summed E-state index contributed by atoms with van der Waals surface area (Å²) in [6.07, 6.45) is 3.25. The zero-order valence-electron chi connectivity index (χ0n) is 8.61. The molecule has 15 heavy (non-hydrogen) atoms. The summed E-state index contributed by atoms with van der Waals surface area (Å²) in [7, 11) is 0. The summed E-state index contributed by atoms with van der Waals surface area (Å²) in [6.45, 7) is 3.67. The fraction of sp³-hybridized carbons (Fsp3) is 0.300. The molecule has 5 nitrogen and oxygen atoms in total. The van der Waals surface area contributed by atoms with Crippen molar-refractivity contribution in [2.75, 3.05) is 5.32 Å². The molecule has 0 fully saturated rings. The van der Waals surface area contributed by atoms with Gasteiger partial charge in [0.05, 0.1) is 23.6 Å². The quantitative estimate of drug-likeness (QED) is 0.779. The van der Waals surface area contributed by atoms with Gasteiger partial charge in [-0.3, -0.25) is 4.79 Å². The molecule has 0 aliphatic carbocycles. The second-order valence-electron chi connectivity index (χ2n) is 3.63. The number of aromatic nitrogens is 3. The highest BCUT2D eigenvalue weighted by atomic mass is 16.1. The van der Waals surface area contributed by atoms with E-state index in [1.54, 1.807) is 18.6 Å². The number of rotatable bonds is 2. The van der Waals surface area contributed by atoms with Crippen molar-refractivity contribution in [3.8, 4) is 0 Å². The minimum Gasteiger partial charge on any atom is -0.343 e. The van der Waals surface area contributed by atoms with Gasteiger partial charge in [0.2, 0.25) is 5.91 Å². The van der Waals surface area contributed by atoms with Crippen molar-refractivity contribution in [3.05, 3.63) is 18.6 Å². The van der Waals surface area contributed by atoms with Crippen molar-refractivity contribution in [1.29, 1.82) is 0 Å². The maximum atomic E-state index is 11.4. The molecule has 2 rings (SSSR count). The van der Waals surface area contributed by atoms with Gasteiger partial charge in [0.1, 0.15) is 5.82 Å². The zero-order valence-corrected chi connectivity index (χ0v) is 8.61. The highest BCUT2D eigenvalue weighted by molar-refractivity contribution is 5.92. The maximum Gasteiger partial charge on any atom is 0.228 e. The topological polar surface area (TPSA) is 70.7 Å². The Morgan fingerprint density at radius 3 is 3.00 bits per heavy atom. The van der Waals surface area contributed by atoms with E-state index < -0.39 is 0 Å². The van der Waals surface area contributed by atoms with Crippen molar-refractivity contribution < 1.29 is 4.79 Å². The zero-order chi connectivity index (χ0) is 10.8. The van der Waals surface area contributed by atoms with Crippen LogP contribution in [0.25, 0.3) is 11.0 Å². The SMILES string of the molecule is CC(C)C(=O)Nc1cc2nc[nH]c2cn1. The van der Waals surface area contributed by atoms with Gasteiger partial charge in [0, 0.05) is 12.0 Å². The van der Waals surface area contributed by atoms with Gasteiger partial charge in [0.15, 0.2) is 0 Å². The van der Waals surface area contributed by atoms with Crippen LogP contribution in [0.3, 0.4) is 0 Å². The number of fused-ring (bicyclic) bond motifs is 1. The van der Waals surface area contributed by atoms with E-state index >= 15 is 0 Å². The Morgan fingerprint density at radius 2 is 2.27 bits per heavy atom. The van der Waals surface area contributed by atoms with E-state index in [0.717, 1.165) is 11.0 Å². The van der Waals surface area contributed by atoms with E-state index in [4.69, 9.17) is 0 Å². The van der Waals surface area contributed by atoms with Gasteiger partial charge in [-0.25, -0.2) is 9.97 Å². The number of amides is 1. The standard InChI is InChI=1S/C10H12N4O/c1-6(2)10(15)14-9-3-7-8(4-11-9)13-5-12-7/h3-6H,1-2H3,(H,12,13)(H,11,14,15). The van der Waals surface area contributed by atoms with Gasteiger partial charge in [-0.15, -0.1) is 0 Å². The lowest BCUT2D eigenvalue weighted by Gasteiger charge is -2.05. The average molecular weight is 204 g/mol. The molecular formula is C10H12N4O. The number of hydrogen-bond donors (Lipinski definition) is 2. The predicted octanol–water partition coefficient (Wildman–Crippen LogP) is 1.55. The molecule has 0 saturated carbocycles. The van der Waals surface area contributed by atoms with Crippen LogP contribution in [0.5, 0.6) is 0 Å². The van der Waals surface area contributed by atoms with Gasteiger partial charge < -0.3 is 10.3 Å². The van der Waals surface area contributed by atoms with Gasteiger partial charge in [0.25, 0.3) is 0 Å². The second-order valence-corrected chi connectivity index (χ2v) is 3.63. The maximum absolute atomic E-state index is 11.4. The van der Waals surface area contributed by atoms with Crippen molar-refractivity contribution in [1.82, 2.24) is 15.0 Å². The van der Waals surface area contributed by atoms with Crippen molar-refractivity contribution in [3.63, 3.8) is 0 Å². The molecule has 2 aromatic heterocycles. The van der Waals surface area contributed by atoms with Crippen molar-refractivity contribution in [2.24, 2.45) is 5.92 Å². The summed E-state index contributed by atoms with van der Waals surface area (Å²) in [5.41, 5.74) is 1.65. The van der Waals surface area contributed by atoms with Crippen LogP contribution in [0.1, 0.15) is 13.8 Å². The van der Waals surface area contributed by atoms with Gasteiger partial charge >= 0.3 is 0 Å². The molecule has 0 bridgehead atoms. The smallest absolute Gasteiger partial charge is 0.228 e. The number of carbonyl (C=O) groups excluding carboxylic acids is 1. The van der Waals surface area contributed by atoms with Gasteiger partial charge in [-0.1, -0.05) is 13.8 Å². The number of pyridine rings is 1. The highest BCUT2D eigenvalue weighted by Crippen LogP contribution is 2.12. The summed E-state index contributed by atoms with van der Waals surface area (Å²) in [5.74, 6) is 0.437. The number of anilines is 1. The van der Waals surface area contributed by atoms with Crippen molar-refractivity contribution >= 4 is 22.8 Å². The first-order chi connectivity index (χ1) is 7.16. The van der Waals surface area contributed by atoms with Crippen LogP contribution in [-0.4, -0.2) is 20.9 Å². The molecule has 0 radical (unpaired) electrons. The summed E-state index contributed by atoms with van der Waals surface area (Å²) in [4.78, 5) is 22.5. The molecule has 0 atom stereocenters. The van der Waals surface area contributed by atoms with Gasteiger partial charge in [-0.05, 0) is 0 Å². The van der Waals surface area contributed by atoms with Crippen LogP contribution >= 0.6 is 0 Å². The van der Waals surface area contributed by atoms with E-state index in [-0.39, 0.29) is 11.8 Å². The van der Waals surface area contributed by atoms with E-state index in [9.17, 15) is 4.79 Å². The molecule has 5 heteroatoms. The average Bonchev–Trinajstić information content (AvgIpc) is 2.64. The number of nitrogens with one attached hydrogen (secondary N) is 2. The van der Waals surface area contributed by atoms with Crippen LogP contribution in [-0.2, 0) is 4.79 Å². The Hall–Kier alpha value is -1.91. The van der Waals surface area contributed by atoms with Crippen molar-refractivity contribution in [2.45, 2.75) is 13.8 Å². The first-order valence-electron chi connectivity index (χ1n) is 4.77. The molecule has 78 valence electrons. The minimum absolute atomic E-state index is 0.0441. The third-order valence-electron chi connectivity index (χ3n) is 2.08. The predicted molar refractivity (Wildman–Crippen MR) is 57.4 cm³/mol. The summed E-state index contributed by atoms with van der Waals surface area (Å²) >= 11 is 0. The lowest BCUT2D eigenvalue weighted by atomic mass is 10.2. The van der Waals surface area contributed by atoms with Crippen LogP contribution in [0.4, 0.5) is 5.82 Å². The Morgan fingerprint density at radius 1 is 1.47 bits per heavy atom. The molecule has 0 spiro atoms. The fourth-order valence-corrected chi connectivity index (χ4v) is 1.17. The lowest BCUT2D eigenvalue weighted by molar-refractivity contribution is -0.118. The number of carbonyl (C=O) groups is 1. The van der Waals surface area contributed by atoms with E-state index in [0.29, 0.717) is 5.82 Å². The Labute approximate surface area is 86.9 Å². The fourth-order valence-electron chi connectivity index (χ4n) is 1.17. The third kappa shape index (κ3) is 1.96. The van der Waals surface area contributed by atoms with Crippen LogP contribution in [0.2, 0.25) is 0 Å². The molecule has 2 aromatic rings. The number of nitrogens with zero attached hydrogens (tertiary/aromatic N) is 2. The number of imidazole rings is 1. The Kier molecular flexibility index (Phi) is 2.37. The number of aromatic amines is 1. The second kappa shape index (κ2) is 3.68. The first kappa shape index (κ1) is 9.64. The first-order valence-corrected chi connectivity index (χ1v) is 4.77. The molecule has 0 saturated heterocycles. The number of H-pyrrole nitrogens is 1. The largest absolute Gasteiger partial charge is 0.343 e. The molecule has 0 aromatic carbocycles. The molecule has 2 heterocycles. The monoisotopic (exact) mass is 204 g/mol. The van der Waals surface area contributed by atoms with Crippen LogP contribution < -0.4 is 5.32 Å². The number of hydrogen-bond acceptors (Lipinski definition) is 3. The molecule has 0 aliphatic rings. The summed E-state index contributed by atoms with van der Waals surface area (Å²) < 4.78 is 0. The minimum atomic E-state index is -0.0540. The highest BCUT2D eigenvalue weighted by Gasteiger charge is 2.08. The van der Waals surface area contributed by atoms with E-state index in [2.05, 4.69) is 20.3 Å². The van der Waals surface area contributed by atoms with Crippen LogP contribution in [0.15, 0.2) is 18.6 Å². The summed E-state index contributed by atoms with van der Waals surface area (Å²) in [5, 5.41) is 2.72. The Bertz CT molecular complexity index is 489. The van der Waals surface area contributed by atoms with Gasteiger partial charge in [-0.2, -0.15) is 0 Å². The normalized spacial score (nSPS) is 10.9. The molecule has 0 aliphatic heterocycles. The third-order valence-corrected chi connectivity index (χ3v) is 2.08.